The summed E-state index contributed by atoms with van der Waals surface area (Å²) in [5, 5.41) is 14.6. The van der Waals surface area contributed by atoms with Gasteiger partial charge in [0.15, 0.2) is 0 Å². The van der Waals surface area contributed by atoms with Gasteiger partial charge in [0.1, 0.15) is 11.5 Å². The Bertz CT molecular complexity index is 457. The summed E-state index contributed by atoms with van der Waals surface area (Å²) in [4.78, 5) is 0. The van der Waals surface area contributed by atoms with Crippen molar-refractivity contribution in [1.29, 1.82) is 0 Å². The Balaban J connectivity index is 1.94. The number of piperidine rings is 1. The third-order valence-electron chi connectivity index (χ3n) is 4.17. The van der Waals surface area contributed by atoms with Crippen LogP contribution in [0.1, 0.15) is 18.4 Å². The third kappa shape index (κ3) is 2.49. The molecule has 2 fully saturated rings. The molecule has 0 aliphatic carbocycles. The maximum atomic E-state index is 11.1. The first-order chi connectivity index (χ1) is 9.63. The predicted molar refractivity (Wildman–Crippen MR) is 74.2 cm³/mol. The fourth-order valence-corrected chi connectivity index (χ4v) is 3.23. The average molecular weight is 279 g/mol. The van der Waals surface area contributed by atoms with Gasteiger partial charge in [0.25, 0.3) is 0 Å². The number of benzene rings is 1. The van der Waals surface area contributed by atoms with Gasteiger partial charge in [-0.05, 0) is 30.5 Å². The van der Waals surface area contributed by atoms with E-state index in [9.17, 15) is 5.11 Å². The lowest BCUT2D eigenvalue weighted by atomic mass is 9.78. The van der Waals surface area contributed by atoms with E-state index >= 15 is 0 Å². The topological polar surface area (TPSA) is 60.0 Å². The summed E-state index contributed by atoms with van der Waals surface area (Å²) in [7, 11) is 3.24. The van der Waals surface area contributed by atoms with E-state index in [1.165, 1.54) is 0 Å². The van der Waals surface area contributed by atoms with Crippen LogP contribution in [-0.4, -0.2) is 44.6 Å². The van der Waals surface area contributed by atoms with E-state index in [1.807, 2.05) is 18.2 Å². The van der Waals surface area contributed by atoms with Crippen LogP contribution in [0, 0.1) is 0 Å². The van der Waals surface area contributed by atoms with Crippen molar-refractivity contribution in [3.63, 3.8) is 0 Å². The number of aliphatic hydroxyl groups is 1. The number of rotatable bonds is 3. The molecule has 2 unspecified atom stereocenters. The predicted octanol–water partition coefficient (Wildman–Crippen LogP) is 1.04. The molecule has 0 saturated carbocycles. The van der Waals surface area contributed by atoms with Crippen LogP contribution in [0.3, 0.4) is 0 Å². The van der Waals surface area contributed by atoms with E-state index in [0.29, 0.717) is 37.6 Å². The number of hydrogen-bond donors (Lipinski definition) is 2. The highest BCUT2D eigenvalue weighted by atomic mass is 16.5. The van der Waals surface area contributed by atoms with E-state index in [2.05, 4.69) is 5.32 Å². The molecule has 0 radical (unpaired) electrons. The lowest BCUT2D eigenvalue weighted by Crippen LogP contribution is -2.58. The van der Waals surface area contributed by atoms with Crippen molar-refractivity contribution in [2.45, 2.75) is 30.5 Å². The Labute approximate surface area is 118 Å². The molecule has 2 bridgehead atoms. The van der Waals surface area contributed by atoms with Gasteiger partial charge in [0.2, 0.25) is 0 Å². The van der Waals surface area contributed by atoms with Crippen LogP contribution < -0.4 is 14.8 Å². The van der Waals surface area contributed by atoms with Gasteiger partial charge in [-0.3, -0.25) is 0 Å². The van der Waals surface area contributed by atoms with Gasteiger partial charge >= 0.3 is 0 Å². The fourth-order valence-electron chi connectivity index (χ4n) is 3.23. The van der Waals surface area contributed by atoms with Crippen LogP contribution >= 0.6 is 0 Å². The maximum absolute atomic E-state index is 11.1. The fraction of sp³-hybridized carbons (Fsp3) is 0.600. The first-order valence-corrected chi connectivity index (χ1v) is 6.93. The summed E-state index contributed by atoms with van der Waals surface area (Å²) in [5.41, 5.74) is -0.00118. The largest absolute Gasteiger partial charge is 0.497 e. The van der Waals surface area contributed by atoms with Crippen LogP contribution in [0.25, 0.3) is 0 Å². The smallest absolute Gasteiger partial charge is 0.122 e. The molecule has 5 nitrogen and oxygen atoms in total. The van der Waals surface area contributed by atoms with Crippen LogP contribution in [0.15, 0.2) is 18.2 Å². The van der Waals surface area contributed by atoms with Crippen molar-refractivity contribution in [1.82, 2.24) is 5.32 Å². The Morgan fingerprint density at radius 1 is 1.10 bits per heavy atom. The van der Waals surface area contributed by atoms with Crippen molar-refractivity contribution < 1.29 is 19.3 Å². The summed E-state index contributed by atoms with van der Waals surface area (Å²) in [6.07, 6.45) is 1.28. The van der Waals surface area contributed by atoms with Gasteiger partial charge in [0, 0.05) is 18.2 Å². The van der Waals surface area contributed by atoms with Crippen LogP contribution in [0.4, 0.5) is 0 Å². The van der Waals surface area contributed by atoms with Gasteiger partial charge < -0.3 is 24.6 Å². The third-order valence-corrected chi connectivity index (χ3v) is 4.17. The highest BCUT2D eigenvalue weighted by Gasteiger charge is 2.42. The molecule has 2 saturated heterocycles. The quantitative estimate of drug-likeness (QED) is 0.866. The Morgan fingerprint density at radius 2 is 1.65 bits per heavy atom. The van der Waals surface area contributed by atoms with E-state index in [4.69, 9.17) is 14.2 Å². The first kappa shape index (κ1) is 13.7. The number of nitrogens with one attached hydrogen (secondary N) is 1. The van der Waals surface area contributed by atoms with Gasteiger partial charge in [-0.2, -0.15) is 0 Å². The van der Waals surface area contributed by atoms with Crippen molar-refractivity contribution in [3.8, 4) is 11.5 Å². The zero-order valence-electron chi connectivity index (χ0n) is 11.9. The number of ether oxygens (including phenoxy) is 3. The molecule has 2 N–H and O–H groups in total. The summed E-state index contributed by atoms with van der Waals surface area (Å²) >= 11 is 0. The second-order valence-corrected chi connectivity index (χ2v) is 5.64. The number of fused-ring (bicyclic) bond motifs is 2. The zero-order valence-corrected chi connectivity index (χ0v) is 11.9. The minimum Gasteiger partial charge on any atom is -0.497 e. The number of hydrogen-bond acceptors (Lipinski definition) is 5. The van der Waals surface area contributed by atoms with Crippen LogP contribution in [0.5, 0.6) is 11.5 Å². The van der Waals surface area contributed by atoms with Gasteiger partial charge in [-0.15, -0.1) is 0 Å². The summed E-state index contributed by atoms with van der Waals surface area (Å²) in [6.45, 7) is 1.31. The minimum absolute atomic E-state index is 0.199. The molecule has 0 amide bonds. The van der Waals surface area contributed by atoms with Crippen LogP contribution in [0.2, 0.25) is 0 Å². The zero-order chi connectivity index (χ0) is 14.2. The van der Waals surface area contributed by atoms with Crippen molar-refractivity contribution in [2.24, 2.45) is 0 Å². The molecule has 2 atom stereocenters. The monoisotopic (exact) mass is 279 g/mol. The van der Waals surface area contributed by atoms with Crippen molar-refractivity contribution >= 4 is 0 Å². The molecule has 0 spiro atoms. The Kier molecular flexibility index (Phi) is 3.58. The van der Waals surface area contributed by atoms with E-state index in [1.54, 1.807) is 14.2 Å². The molecule has 110 valence electrons. The van der Waals surface area contributed by atoms with Crippen LogP contribution in [-0.2, 0) is 10.3 Å². The summed E-state index contributed by atoms with van der Waals surface area (Å²) in [6, 6.07) is 6.00. The van der Waals surface area contributed by atoms with Gasteiger partial charge in [-0.1, -0.05) is 0 Å². The van der Waals surface area contributed by atoms with E-state index in [-0.39, 0.29) is 12.1 Å². The van der Waals surface area contributed by atoms with E-state index < -0.39 is 5.60 Å². The summed E-state index contributed by atoms with van der Waals surface area (Å²) < 4.78 is 16.1. The highest BCUT2D eigenvalue weighted by molar-refractivity contribution is 5.41. The molecular weight excluding hydrogens is 258 g/mol. The molecule has 1 aromatic rings. The molecule has 2 aliphatic rings. The maximum Gasteiger partial charge on any atom is 0.122 e. The van der Waals surface area contributed by atoms with Gasteiger partial charge in [-0.25, -0.2) is 0 Å². The standard InChI is InChI=1S/C15H21NO4/c1-18-13-3-10(4-14(5-13)19-2)15(17)6-11-8-20-9-12(7-15)16-11/h3-5,11-12,16-17H,6-9H2,1-2H3. The molecule has 3 rings (SSSR count). The molecule has 2 heterocycles. The molecule has 5 heteroatoms. The van der Waals surface area contributed by atoms with E-state index in [0.717, 1.165) is 5.56 Å². The SMILES string of the molecule is COc1cc(OC)cc(C2(O)CC3COCC(C2)N3)c1. The minimum atomic E-state index is -0.855. The van der Waals surface area contributed by atoms with Crippen molar-refractivity contribution in [2.75, 3.05) is 27.4 Å². The lowest BCUT2D eigenvalue weighted by Gasteiger charge is -2.45. The lowest BCUT2D eigenvalue weighted by molar-refractivity contribution is -0.0803. The Hall–Kier alpha value is -1.30. The second-order valence-electron chi connectivity index (χ2n) is 5.64. The molecule has 20 heavy (non-hydrogen) atoms. The summed E-state index contributed by atoms with van der Waals surface area (Å²) in [5.74, 6) is 1.40. The number of morpholine rings is 1. The first-order valence-electron chi connectivity index (χ1n) is 6.93. The Morgan fingerprint density at radius 3 is 2.15 bits per heavy atom. The normalized spacial score (nSPS) is 32.8. The average Bonchev–Trinajstić information content (AvgIpc) is 2.46. The van der Waals surface area contributed by atoms with Gasteiger partial charge in [0.05, 0.1) is 33.0 Å². The molecule has 0 aromatic heterocycles. The molecular formula is C15H21NO4. The van der Waals surface area contributed by atoms with Crippen molar-refractivity contribution in [3.05, 3.63) is 23.8 Å². The molecule has 2 aliphatic heterocycles. The second kappa shape index (κ2) is 5.24. The number of methoxy groups -OCH3 is 2. The molecule has 1 aromatic carbocycles. The highest BCUT2D eigenvalue weighted by Crippen LogP contribution is 2.39.